The molecule has 5 heteroatoms. The van der Waals surface area contributed by atoms with Crippen LogP contribution in [0.4, 0.5) is 0 Å². The molecule has 17 heavy (non-hydrogen) atoms. The van der Waals surface area contributed by atoms with E-state index in [1.54, 1.807) is 0 Å². The van der Waals surface area contributed by atoms with Gasteiger partial charge < -0.3 is 20.3 Å². The molecule has 0 heterocycles. The predicted octanol–water partition coefficient (Wildman–Crippen LogP) is 1.60. The average Bonchev–Trinajstić information content (AvgIpc) is 2.30. The summed E-state index contributed by atoms with van der Waals surface area (Å²) in [7, 11) is 0. The summed E-state index contributed by atoms with van der Waals surface area (Å²) in [6, 6.07) is 3.94. The first-order chi connectivity index (χ1) is 8.19. The van der Waals surface area contributed by atoms with Crippen LogP contribution in [0.1, 0.15) is 11.1 Å². The number of aryl methyl sites for hydroxylation is 1. The van der Waals surface area contributed by atoms with Crippen molar-refractivity contribution >= 4 is 15.9 Å². The van der Waals surface area contributed by atoms with Crippen molar-refractivity contribution in [1.82, 2.24) is 0 Å². The Hall–Kier alpha value is -0.620. The third kappa shape index (κ3) is 4.63. The molecule has 1 aromatic carbocycles. The highest BCUT2D eigenvalue weighted by Crippen LogP contribution is 2.27. The van der Waals surface area contributed by atoms with Gasteiger partial charge in [-0.2, -0.15) is 0 Å². The highest BCUT2D eigenvalue weighted by molar-refractivity contribution is 9.10. The maximum atomic E-state index is 8.55. The van der Waals surface area contributed by atoms with Gasteiger partial charge in [0.1, 0.15) is 12.4 Å². The Morgan fingerprint density at radius 3 is 2.71 bits per heavy atom. The topological polar surface area (TPSA) is 64.7 Å². The van der Waals surface area contributed by atoms with Crippen molar-refractivity contribution in [1.29, 1.82) is 0 Å². The van der Waals surface area contributed by atoms with Crippen LogP contribution in [0.2, 0.25) is 0 Å². The van der Waals surface area contributed by atoms with Crippen LogP contribution in [0, 0.1) is 6.92 Å². The van der Waals surface area contributed by atoms with E-state index < -0.39 is 0 Å². The Morgan fingerprint density at radius 2 is 2.06 bits per heavy atom. The lowest BCUT2D eigenvalue weighted by atomic mass is 10.1. The minimum absolute atomic E-state index is 0.0331. The molecule has 0 aliphatic heterocycles. The van der Waals surface area contributed by atoms with Gasteiger partial charge >= 0.3 is 0 Å². The second-order valence-electron chi connectivity index (χ2n) is 3.60. The van der Waals surface area contributed by atoms with Gasteiger partial charge in [-0.25, -0.2) is 0 Å². The Morgan fingerprint density at radius 1 is 1.29 bits per heavy atom. The average molecular weight is 304 g/mol. The third-order valence-electron chi connectivity index (χ3n) is 2.25. The summed E-state index contributed by atoms with van der Waals surface area (Å²) in [5, 5.41) is 8.55. The van der Waals surface area contributed by atoms with E-state index in [0.29, 0.717) is 26.4 Å². The molecule has 0 spiro atoms. The highest BCUT2D eigenvalue weighted by Gasteiger charge is 2.07. The third-order valence-corrected chi connectivity index (χ3v) is 2.70. The molecule has 0 aliphatic rings. The smallest absolute Gasteiger partial charge is 0.126 e. The molecule has 0 atom stereocenters. The van der Waals surface area contributed by atoms with E-state index in [-0.39, 0.29) is 6.61 Å². The van der Waals surface area contributed by atoms with Crippen molar-refractivity contribution in [2.75, 3.05) is 26.4 Å². The van der Waals surface area contributed by atoms with Crippen molar-refractivity contribution in [3.05, 3.63) is 27.7 Å². The second-order valence-corrected chi connectivity index (χ2v) is 4.52. The van der Waals surface area contributed by atoms with Crippen molar-refractivity contribution in [2.45, 2.75) is 13.5 Å². The monoisotopic (exact) mass is 303 g/mol. The van der Waals surface area contributed by atoms with Gasteiger partial charge in [-0.3, -0.25) is 0 Å². The van der Waals surface area contributed by atoms with Crippen molar-refractivity contribution < 1.29 is 14.6 Å². The molecular formula is C12H18BrNO3. The number of hydrogen-bond donors (Lipinski definition) is 2. The number of hydrogen-bond acceptors (Lipinski definition) is 4. The normalized spacial score (nSPS) is 10.6. The molecule has 3 N–H and O–H groups in total. The lowest BCUT2D eigenvalue weighted by Crippen LogP contribution is -2.11. The van der Waals surface area contributed by atoms with Crippen LogP contribution in [0.5, 0.6) is 5.75 Å². The number of aliphatic hydroxyl groups excluding tert-OH is 1. The maximum Gasteiger partial charge on any atom is 0.126 e. The number of ether oxygens (including phenoxy) is 2. The van der Waals surface area contributed by atoms with Gasteiger partial charge in [-0.15, -0.1) is 0 Å². The van der Waals surface area contributed by atoms with Crippen molar-refractivity contribution in [2.24, 2.45) is 5.73 Å². The highest BCUT2D eigenvalue weighted by atomic mass is 79.9. The van der Waals surface area contributed by atoms with E-state index in [1.165, 1.54) is 0 Å². The van der Waals surface area contributed by atoms with E-state index in [2.05, 4.69) is 15.9 Å². The largest absolute Gasteiger partial charge is 0.491 e. The molecule has 0 aromatic heterocycles. The van der Waals surface area contributed by atoms with Crippen LogP contribution in [0.3, 0.4) is 0 Å². The van der Waals surface area contributed by atoms with Crippen molar-refractivity contribution in [3.63, 3.8) is 0 Å². The van der Waals surface area contributed by atoms with E-state index in [1.807, 2.05) is 19.1 Å². The quantitative estimate of drug-likeness (QED) is 0.751. The van der Waals surface area contributed by atoms with Crippen LogP contribution in [0.25, 0.3) is 0 Å². The first-order valence-electron chi connectivity index (χ1n) is 5.49. The van der Waals surface area contributed by atoms with Gasteiger partial charge in [-0.1, -0.05) is 15.9 Å². The summed E-state index contributed by atoms with van der Waals surface area (Å²) in [5.74, 6) is 0.822. The molecule has 0 radical (unpaired) electrons. The molecule has 4 nitrogen and oxygen atoms in total. The fourth-order valence-electron chi connectivity index (χ4n) is 1.53. The van der Waals surface area contributed by atoms with Gasteiger partial charge in [0.15, 0.2) is 0 Å². The number of nitrogens with two attached hydrogens (primary N) is 1. The zero-order valence-electron chi connectivity index (χ0n) is 9.91. The molecular weight excluding hydrogens is 286 g/mol. The molecule has 0 saturated carbocycles. The second kappa shape index (κ2) is 7.66. The van der Waals surface area contributed by atoms with Gasteiger partial charge in [0.05, 0.1) is 19.8 Å². The standard InChI is InChI=1S/C12H18BrNO3/c1-9-6-11(13)7-10(8-14)12(9)17-5-4-16-3-2-15/h6-7,15H,2-5,8,14H2,1H3. The SMILES string of the molecule is Cc1cc(Br)cc(CN)c1OCCOCCO. The van der Waals surface area contributed by atoms with Gasteiger partial charge in [-0.05, 0) is 24.6 Å². The molecule has 0 bridgehead atoms. The first kappa shape index (κ1) is 14.4. The molecule has 0 unspecified atom stereocenters. The lowest BCUT2D eigenvalue weighted by molar-refractivity contribution is 0.0701. The molecule has 0 aliphatic carbocycles. The van der Waals surface area contributed by atoms with E-state index in [9.17, 15) is 0 Å². The summed E-state index contributed by atoms with van der Waals surface area (Å²) in [6.45, 7) is 3.70. The minimum Gasteiger partial charge on any atom is -0.491 e. The zero-order valence-corrected chi connectivity index (χ0v) is 11.5. The van der Waals surface area contributed by atoms with Crippen LogP contribution in [0.15, 0.2) is 16.6 Å². The van der Waals surface area contributed by atoms with Crippen LogP contribution < -0.4 is 10.5 Å². The number of aliphatic hydroxyl groups is 1. The van der Waals surface area contributed by atoms with E-state index >= 15 is 0 Å². The van der Waals surface area contributed by atoms with Gasteiger partial charge in [0.25, 0.3) is 0 Å². The van der Waals surface area contributed by atoms with Gasteiger partial charge in [0, 0.05) is 16.6 Å². The van der Waals surface area contributed by atoms with Crippen LogP contribution >= 0.6 is 15.9 Å². The van der Waals surface area contributed by atoms with E-state index in [0.717, 1.165) is 21.3 Å². The Balaban J connectivity index is 2.57. The van der Waals surface area contributed by atoms with E-state index in [4.69, 9.17) is 20.3 Å². The van der Waals surface area contributed by atoms with Gasteiger partial charge in [0.2, 0.25) is 0 Å². The summed E-state index contributed by atoms with van der Waals surface area (Å²) >= 11 is 3.43. The fraction of sp³-hybridized carbons (Fsp3) is 0.500. The zero-order chi connectivity index (χ0) is 12.7. The van der Waals surface area contributed by atoms with Crippen LogP contribution in [-0.4, -0.2) is 31.5 Å². The molecule has 96 valence electrons. The molecule has 0 amide bonds. The Labute approximate surface area is 110 Å². The Bertz CT molecular complexity index is 358. The summed E-state index contributed by atoms with van der Waals surface area (Å²) in [6.07, 6.45) is 0. The molecule has 0 saturated heterocycles. The predicted molar refractivity (Wildman–Crippen MR) is 70.2 cm³/mol. The Kier molecular flexibility index (Phi) is 6.50. The summed E-state index contributed by atoms with van der Waals surface area (Å²) in [5.41, 5.74) is 7.69. The minimum atomic E-state index is 0.0331. The number of rotatable bonds is 7. The maximum absolute atomic E-state index is 8.55. The first-order valence-corrected chi connectivity index (χ1v) is 6.28. The summed E-state index contributed by atoms with van der Waals surface area (Å²) in [4.78, 5) is 0. The molecule has 0 fully saturated rings. The van der Waals surface area contributed by atoms with Crippen molar-refractivity contribution in [3.8, 4) is 5.75 Å². The molecule has 1 aromatic rings. The number of halogens is 1. The number of benzene rings is 1. The molecule has 1 rings (SSSR count). The van der Waals surface area contributed by atoms with Crippen LogP contribution in [-0.2, 0) is 11.3 Å². The lowest BCUT2D eigenvalue weighted by Gasteiger charge is -2.14. The fourth-order valence-corrected chi connectivity index (χ4v) is 2.15. The summed E-state index contributed by atoms with van der Waals surface area (Å²) < 4.78 is 11.8.